The number of nitrogens with one attached hydrogen (secondary N) is 1. The quantitative estimate of drug-likeness (QED) is 0.817. The Balaban J connectivity index is 2.29. The van der Waals surface area contributed by atoms with Crippen molar-refractivity contribution in [2.45, 2.75) is 25.7 Å². The Hall–Kier alpha value is -1.32. The number of anilines is 1. The first kappa shape index (κ1) is 11.8. The smallest absolute Gasteiger partial charge is 0.0741 e. The molecule has 1 aromatic heterocycles. The van der Waals surface area contributed by atoms with Crippen LogP contribution in [-0.2, 0) is 12.8 Å². The van der Waals surface area contributed by atoms with E-state index in [4.69, 9.17) is 22.3 Å². The van der Waals surface area contributed by atoms with E-state index in [0.717, 1.165) is 34.5 Å². The highest BCUT2D eigenvalue weighted by Crippen LogP contribution is 2.33. The van der Waals surface area contributed by atoms with Crippen molar-refractivity contribution in [3.8, 4) is 0 Å². The van der Waals surface area contributed by atoms with E-state index < -0.39 is 0 Å². The van der Waals surface area contributed by atoms with Gasteiger partial charge in [-0.25, -0.2) is 0 Å². The van der Waals surface area contributed by atoms with Gasteiger partial charge in [-0.15, -0.1) is 0 Å². The fraction of sp³-hybridized carbons (Fsp3) is 0.357. The summed E-state index contributed by atoms with van der Waals surface area (Å²) in [6, 6.07) is 5.85. The maximum absolute atomic E-state index is 6.05. The fourth-order valence-electron chi connectivity index (χ4n) is 2.70. The van der Waals surface area contributed by atoms with Gasteiger partial charge in [0, 0.05) is 21.8 Å². The minimum atomic E-state index is 0.439. The van der Waals surface area contributed by atoms with Gasteiger partial charge in [-0.3, -0.25) is 4.98 Å². The van der Waals surface area contributed by atoms with Gasteiger partial charge in [0.2, 0.25) is 0 Å². The number of hydrogen-bond donors (Lipinski definition) is 2. The van der Waals surface area contributed by atoms with Crippen LogP contribution in [0.4, 0.5) is 5.69 Å². The van der Waals surface area contributed by atoms with Crippen LogP contribution in [0.1, 0.15) is 24.1 Å². The Kier molecular flexibility index (Phi) is 3.10. The van der Waals surface area contributed by atoms with Gasteiger partial charge in [-0.2, -0.15) is 0 Å². The van der Waals surface area contributed by atoms with Crippen molar-refractivity contribution in [2.75, 3.05) is 12.0 Å². The predicted octanol–water partition coefficient (Wildman–Crippen LogP) is 3.10. The minimum Gasteiger partial charge on any atom is -0.372 e. The predicted molar refractivity (Wildman–Crippen MR) is 76.1 cm³/mol. The number of nitrogens with two attached hydrogens (primary N) is 1. The molecule has 1 heterocycles. The summed E-state index contributed by atoms with van der Waals surface area (Å²) in [6.07, 6.45) is 4.58. The van der Waals surface area contributed by atoms with Crippen LogP contribution in [0.25, 0.3) is 10.9 Å². The Morgan fingerprint density at radius 3 is 2.94 bits per heavy atom. The number of halogens is 1. The third-order valence-electron chi connectivity index (χ3n) is 3.50. The number of nitrogens with zero attached hydrogens (tertiary/aromatic N) is 1. The molecule has 0 aliphatic heterocycles. The number of pyridine rings is 1. The van der Waals surface area contributed by atoms with E-state index in [2.05, 4.69) is 5.32 Å². The van der Waals surface area contributed by atoms with Gasteiger partial charge in [-0.05, 0) is 49.4 Å². The van der Waals surface area contributed by atoms with Crippen LogP contribution in [0, 0.1) is 0 Å². The number of benzene rings is 1. The number of rotatable bonds is 2. The molecule has 1 aliphatic carbocycles. The van der Waals surface area contributed by atoms with Crippen LogP contribution in [0.15, 0.2) is 18.2 Å². The molecule has 0 atom stereocenters. The van der Waals surface area contributed by atoms with Crippen molar-refractivity contribution in [1.82, 2.24) is 4.98 Å². The van der Waals surface area contributed by atoms with Gasteiger partial charge < -0.3 is 11.1 Å². The summed E-state index contributed by atoms with van der Waals surface area (Å²) in [5.74, 6) is 0. The third kappa shape index (κ3) is 1.93. The van der Waals surface area contributed by atoms with Crippen molar-refractivity contribution in [3.05, 3.63) is 34.5 Å². The molecule has 3 N–H and O–H groups in total. The second-order valence-corrected chi connectivity index (χ2v) is 5.10. The van der Waals surface area contributed by atoms with Crippen LogP contribution in [-0.4, -0.2) is 11.7 Å². The van der Waals surface area contributed by atoms with E-state index in [-0.39, 0.29) is 0 Å². The number of aromatic nitrogens is 1. The van der Waals surface area contributed by atoms with E-state index >= 15 is 0 Å². The first-order valence-corrected chi connectivity index (χ1v) is 6.72. The Labute approximate surface area is 111 Å². The molecule has 0 fully saturated rings. The standard InChI is InChI=1S/C14H16ClN3/c15-9-5-6-11-13(7-9)18-12-4-2-1-3-10(12)14(11)17-8-16/h5-7H,1-4,8,16H2,(H,17,18). The molecule has 0 spiro atoms. The average molecular weight is 262 g/mol. The molecule has 3 rings (SSSR count). The van der Waals surface area contributed by atoms with Gasteiger partial charge in [-0.1, -0.05) is 11.6 Å². The second-order valence-electron chi connectivity index (χ2n) is 4.66. The lowest BCUT2D eigenvalue weighted by Gasteiger charge is -2.21. The van der Waals surface area contributed by atoms with Crippen molar-refractivity contribution in [3.63, 3.8) is 0 Å². The van der Waals surface area contributed by atoms with E-state index in [1.807, 2.05) is 18.2 Å². The molecule has 2 aromatic rings. The van der Waals surface area contributed by atoms with Crippen molar-refractivity contribution >= 4 is 28.2 Å². The summed E-state index contributed by atoms with van der Waals surface area (Å²) >= 11 is 6.05. The lowest BCUT2D eigenvalue weighted by molar-refractivity contribution is 0.672. The highest BCUT2D eigenvalue weighted by molar-refractivity contribution is 6.31. The van der Waals surface area contributed by atoms with Crippen molar-refractivity contribution < 1.29 is 0 Å². The van der Waals surface area contributed by atoms with Crippen LogP contribution < -0.4 is 11.1 Å². The van der Waals surface area contributed by atoms with E-state index in [1.165, 1.54) is 24.1 Å². The van der Waals surface area contributed by atoms with Crippen LogP contribution in [0.3, 0.4) is 0 Å². The molecule has 94 valence electrons. The third-order valence-corrected chi connectivity index (χ3v) is 3.74. The largest absolute Gasteiger partial charge is 0.372 e. The molecule has 3 nitrogen and oxygen atoms in total. The fourth-order valence-corrected chi connectivity index (χ4v) is 2.87. The molecule has 18 heavy (non-hydrogen) atoms. The van der Waals surface area contributed by atoms with Crippen LogP contribution in [0.2, 0.25) is 5.02 Å². The number of aryl methyl sites for hydroxylation is 1. The molecule has 0 unspecified atom stereocenters. The van der Waals surface area contributed by atoms with Gasteiger partial charge in [0.1, 0.15) is 0 Å². The summed E-state index contributed by atoms with van der Waals surface area (Å²) in [5, 5.41) is 5.14. The zero-order valence-electron chi connectivity index (χ0n) is 10.2. The summed E-state index contributed by atoms with van der Waals surface area (Å²) in [7, 11) is 0. The summed E-state index contributed by atoms with van der Waals surface area (Å²) < 4.78 is 0. The molecule has 0 bridgehead atoms. The first-order chi connectivity index (χ1) is 8.79. The molecule has 4 heteroatoms. The summed E-state index contributed by atoms with van der Waals surface area (Å²) in [6.45, 7) is 0.439. The van der Waals surface area contributed by atoms with Gasteiger partial charge in [0.15, 0.2) is 0 Å². The normalized spacial score (nSPS) is 14.6. The molecule has 0 saturated heterocycles. The van der Waals surface area contributed by atoms with Crippen molar-refractivity contribution in [2.24, 2.45) is 5.73 Å². The molecule has 0 amide bonds. The Morgan fingerprint density at radius 1 is 1.28 bits per heavy atom. The van der Waals surface area contributed by atoms with Gasteiger partial charge >= 0.3 is 0 Å². The van der Waals surface area contributed by atoms with E-state index in [9.17, 15) is 0 Å². The van der Waals surface area contributed by atoms with Crippen LogP contribution in [0.5, 0.6) is 0 Å². The second kappa shape index (κ2) is 4.75. The van der Waals surface area contributed by atoms with Crippen LogP contribution >= 0.6 is 11.6 Å². The first-order valence-electron chi connectivity index (χ1n) is 6.34. The van der Waals surface area contributed by atoms with Crippen molar-refractivity contribution in [1.29, 1.82) is 0 Å². The zero-order chi connectivity index (χ0) is 12.5. The molecular weight excluding hydrogens is 246 g/mol. The lowest BCUT2D eigenvalue weighted by Crippen LogP contribution is -2.16. The average Bonchev–Trinajstić information content (AvgIpc) is 2.38. The highest BCUT2D eigenvalue weighted by Gasteiger charge is 2.17. The Morgan fingerprint density at radius 2 is 2.11 bits per heavy atom. The lowest BCUT2D eigenvalue weighted by atomic mass is 9.93. The molecule has 0 radical (unpaired) electrons. The number of fused-ring (bicyclic) bond motifs is 2. The maximum Gasteiger partial charge on any atom is 0.0741 e. The van der Waals surface area contributed by atoms with Gasteiger partial charge in [0.25, 0.3) is 0 Å². The molecule has 1 aromatic carbocycles. The molecular formula is C14H16ClN3. The summed E-state index contributed by atoms with van der Waals surface area (Å²) in [5.41, 5.74) is 10.3. The minimum absolute atomic E-state index is 0.439. The SMILES string of the molecule is NCNc1c2c(nc3cc(Cl)ccc13)CCCC2. The molecule has 1 aliphatic rings. The maximum atomic E-state index is 6.05. The van der Waals surface area contributed by atoms with E-state index in [1.54, 1.807) is 0 Å². The zero-order valence-corrected chi connectivity index (χ0v) is 10.9. The van der Waals surface area contributed by atoms with E-state index in [0.29, 0.717) is 6.67 Å². The highest BCUT2D eigenvalue weighted by atomic mass is 35.5. The Bertz CT molecular complexity index is 595. The summed E-state index contributed by atoms with van der Waals surface area (Å²) in [4.78, 5) is 4.75. The monoisotopic (exact) mass is 261 g/mol. The number of hydrogen-bond acceptors (Lipinski definition) is 3. The molecule has 0 saturated carbocycles. The topological polar surface area (TPSA) is 50.9 Å². The van der Waals surface area contributed by atoms with Gasteiger partial charge in [0.05, 0.1) is 12.2 Å².